The van der Waals surface area contributed by atoms with Crippen molar-refractivity contribution in [2.24, 2.45) is 0 Å². The van der Waals surface area contributed by atoms with Gasteiger partial charge < -0.3 is 0 Å². The van der Waals surface area contributed by atoms with Gasteiger partial charge in [-0.2, -0.15) is 0 Å². The topological polar surface area (TPSA) is 0 Å². The van der Waals surface area contributed by atoms with Gasteiger partial charge in [0.15, 0.2) is 0 Å². The Hall–Kier alpha value is 0.584. The average Bonchev–Trinajstić information content (AvgIpc) is 1.94. The normalized spacial score (nSPS) is 23.0. The molecule has 1 saturated carbocycles. The summed E-state index contributed by atoms with van der Waals surface area (Å²) < 4.78 is 1.72. The molecular weight excluding hydrogens is 132 g/mol. The second kappa shape index (κ2) is 3.58. The predicted octanol–water partition coefficient (Wildman–Crippen LogP) is 2.06. The minimum absolute atomic E-state index is 1.40. The summed E-state index contributed by atoms with van der Waals surface area (Å²) in [5.74, 6) is 0. The summed E-state index contributed by atoms with van der Waals surface area (Å²) in [6.45, 7) is 0. The summed E-state index contributed by atoms with van der Waals surface area (Å²) in [6, 6.07) is 0. The molecule has 1 fully saturated rings. The van der Waals surface area contributed by atoms with Crippen LogP contribution < -0.4 is 0 Å². The minimum atomic E-state index is 1.40. The molecule has 0 unspecified atom stereocenters. The van der Waals surface area contributed by atoms with Crippen LogP contribution in [0.25, 0.3) is 0 Å². The van der Waals surface area contributed by atoms with E-state index in [1.807, 2.05) is 0 Å². The van der Waals surface area contributed by atoms with Gasteiger partial charge in [-0.3, -0.25) is 0 Å². The van der Waals surface area contributed by atoms with E-state index in [1.165, 1.54) is 38.5 Å². The fourth-order valence-corrected chi connectivity index (χ4v) is 1.71. The average molecular weight is 144 g/mol. The van der Waals surface area contributed by atoms with E-state index in [0.29, 0.717) is 0 Å². The molecule has 0 radical (unpaired) electrons. The van der Waals surface area contributed by atoms with Crippen LogP contribution in [0, 0.1) is 0 Å². The molecule has 0 aromatic heterocycles. The molecule has 0 bridgehead atoms. The van der Waals surface area contributed by atoms with E-state index in [-0.39, 0.29) is 0 Å². The van der Waals surface area contributed by atoms with Crippen molar-refractivity contribution in [1.82, 2.24) is 0 Å². The summed E-state index contributed by atoms with van der Waals surface area (Å²) in [6.07, 6.45) is 8.65. The molecule has 0 aliphatic heterocycles. The third-order valence-electron chi connectivity index (χ3n) is 1.71. The first-order chi connectivity index (χ1) is 3.89. The van der Waals surface area contributed by atoms with Gasteiger partial charge in [-0.15, -0.1) is 0 Å². The van der Waals surface area contributed by atoms with E-state index in [4.69, 9.17) is 0 Å². The molecule has 0 spiro atoms. The molecule has 42 valence electrons. The molecule has 1 rings (SSSR count). The third kappa shape index (κ3) is 2.24. The van der Waals surface area contributed by atoms with Crippen LogP contribution >= 0.6 is 0 Å². The van der Waals surface area contributed by atoms with Crippen molar-refractivity contribution in [2.75, 3.05) is 0 Å². The Morgan fingerprint density at radius 3 is 1.88 bits per heavy atom. The van der Waals surface area contributed by atoms with Crippen molar-refractivity contribution in [3.8, 4) is 0 Å². The molecule has 0 heterocycles. The number of hydrogen-bond acceptors (Lipinski definition) is 0. The zero-order valence-electron chi connectivity index (χ0n) is 5.24. The second-order valence-corrected chi connectivity index (χ2v) is 3.62. The van der Waals surface area contributed by atoms with Crippen LogP contribution in [-0.4, -0.2) is 3.81 Å². The van der Waals surface area contributed by atoms with Crippen LogP contribution in [0.4, 0.5) is 0 Å². The Balaban J connectivity index is 2.27. The first-order valence-corrected chi connectivity index (χ1v) is 4.24. The van der Waals surface area contributed by atoms with Gasteiger partial charge in [-0.1, -0.05) is 0 Å². The summed E-state index contributed by atoms with van der Waals surface area (Å²) in [5.41, 5.74) is 0. The van der Waals surface area contributed by atoms with Crippen LogP contribution in [0.15, 0.2) is 0 Å². The van der Waals surface area contributed by atoms with E-state index in [9.17, 15) is 0 Å². The molecule has 0 N–H and O–H groups in total. The summed E-state index contributed by atoms with van der Waals surface area (Å²) in [4.78, 5) is 0. The van der Waals surface area contributed by atoms with Crippen LogP contribution in [0.5, 0.6) is 0 Å². The summed E-state index contributed by atoms with van der Waals surface area (Å²) >= 11 is 2.30. The van der Waals surface area contributed by atoms with Crippen molar-refractivity contribution < 1.29 is 20.0 Å². The van der Waals surface area contributed by atoms with Gasteiger partial charge in [-0.05, 0) is 0 Å². The Morgan fingerprint density at radius 1 is 0.875 bits per heavy atom. The SMILES string of the molecule is [Ti+2]=[C]1CCCCCC1. The van der Waals surface area contributed by atoms with Gasteiger partial charge in [0.2, 0.25) is 0 Å². The molecule has 8 heavy (non-hydrogen) atoms. The second-order valence-electron chi connectivity index (χ2n) is 2.52. The van der Waals surface area contributed by atoms with E-state index in [2.05, 4.69) is 20.0 Å². The quantitative estimate of drug-likeness (QED) is 0.360. The summed E-state index contributed by atoms with van der Waals surface area (Å²) in [5, 5.41) is 0. The molecule has 1 aliphatic carbocycles. The molecule has 0 saturated heterocycles. The maximum absolute atomic E-state index is 2.30. The number of hydrogen-bond donors (Lipinski definition) is 0. The zero-order valence-corrected chi connectivity index (χ0v) is 6.80. The van der Waals surface area contributed by atoms with Gasteiger partial charge in [0.25, 0.3) is 0 Å². The molecular formula is C7H12Ti+2. The molecule has 0 atom stereocenters. The molecule has 1 aliphatic rings. The van der Waals surface area contributed by atoms with Crippen molar-refractivity contribution in [2.45, 2.75) is 38.5 Å². The van der Waals surface area contributed by atoms with Crippen LogP contribution in [0.2, 0.25) is 0 Å². The van der Waals surface area contributed by atoms with Gasteiger partial charge >= 0.3 is 62.3 Å². The van der Waals surface area contributed by atoms with Crippen LogP contribution in [0.3, 0.4) is 0 Å². The van der Waals surface area contributed by atoms with Crippen molar-refractivity contribution >= 4 is 3.81 Å². The van der Waals surface area contributed by atoms with E-state index >= 15 is 0 Å². The van der Waals surface area contributed by atoms with Gasteiger partial charge in [0.05, 0.1) is 0 Å². The Morgan fingerprint density at radius 2 is 1.38 bits per heavy atom. The molecule has 0 amide bonds. The molecule has 0 aromatic rings. The van der Waals surface area contributed by atoms with Gasteiger partial charge in [-0.25, -0.2) is 0 Å². The zero-order chi connectivity index (χ0) is 5.82. The first kappa shape index (κ1) is 6.70. The maximum atomic E-state index is 2.30. The monoisotopic (exact) mass is 144 g/mol. The Labute approximate surface area is 62.6 Å². The third-order valence-corrected chi connectivity index (χ3v) is 2.49. The predicted molar refractivity (Wildman–Crippen MR) is 32.7 cm³/mol. The van der Waals surface area contributed by atoms with Crippen LogP contribution in [0.1, 0.15) is 38.5 Å². The first-order valence-electron chi connectivity index (χ1n) is 3.46. The summed E-state index contributed by atoms with van der Waals surface area (Å²) in [7, 11) is 0. The molecule has 0 nitrogen and oxygen atoms in total. The van der Waals surface area contributed by atoms with Crippen molar-refractivity contribution in [1.29, 1.82) is 0 Å². The Kier molecular flexibility index (Phi) is 3.00. The van der Waals surface area contributed by atoms with E-state index in [1.54, 1.807) is 3.81 Å². The Bertz CT molecular complexity index is 76.4. The van der Waals surface area contributed by atoms with Gasteiger partial charge in [0.1, 0.15) is 0 Å². The van der Waals surface area contributed by atoms with E-state index < -0.39 is 0 Å². The van der Waals surface area contributed by atoms with Gasteiger partial charge in [0, 0.05) is 0 Å². The standard InChI is InChI=1S/C7H12.Ti/c1-2-4-6-7-5-3-1;/h1-6H2;/q;+2. The van der Waals surface area contributed by atoms with E-state index in [0.717, 1.165) is 0 Å². The molecule has 0 aromatic carbocycles. The fraction of sp³-hybridized carbons (Fsp3) is 0.857. The molecule has 1 heteroatoms. The number of rotatable bonds is 0. The van der Waals surface area contributed by atoms with Crippen molar-refractivity contribution in [3.63, 3.8) is 0 Å². The van der Waals surface area contributed by atoms with Crippen molar-refractivity contribution in [3.05, 3.63) is 0 Å². The fourth-order valence-electron chi connectivity index (χ4n) is 1.16. The van der Waals surface area contributed by atoms with Crippen LogP contribution in [-0.2, 0) is 20.0 Å².